The summed E-state index contributed by atoms with van der Waals surface area (Å²) in [5.74, 6) is -0.100. The first-order chi connectivity index (χ1) is 11.5. The second kappa shape index (κ2) is 8.71. The number of carbonyl (C=O) groups is 2. The number of esters is 1. The highest BCUT2D eigenvalue weighted by molar-refractivity contribution is 6.08. The van der Waals surface area contributed by atoms with Crippen LogP contribution in [0.2, 0.25) is 6.32 Å². The molecule has 0 aliphatic carbocycles. The van der Waals surface area contributed by atoms with E-state index in [0.717, 1.165) is 45.1 Å². The molecule has 0 saturated carbocycles. The lowest BCUT2D eigenvalue weighted by Crippen LogP contribution is -2.53. The molecule has 2 saturated heterocycles. The van der Waals surface area contributed by atoms with E-state index in [-0.39, 0.29) is 18.0 Å². The Morgan fingerprint density at radius 3 is 2.79 bits per heavy atom. The highest BCUT2D eigenvalue weighted by Gasteiger charge is 2.55. The largest absolute Gasteiger partial charge is 0.511 e. The van der Waals surface area contributed by atoms with Crippen molar-refractivity contribution in [2.24, 2.45) is 5.92 Å². The SMILES string of the molecule is BCCCC[C@@]1(C(=O)OCOC(=O)OC(C)C)NC[C@@H]2NCC[C@@H]21. The zero-order valence-electron chi connectivity index (χ0n) is 14.9. The van der Waals surface area contributed by atoms with Gasteiger partial charge in [-0.05, 0) is 33.2 Å². The Morgan fingerprint density at radius 2 is 2.08 bits per heavy atom. The highest BCUT2D eigenvalue weighted by Crippen LogP contribution is 2.38. The molecule has 136 valence electrons. The Hall–Kier alpha value is -1.28. The summed E-state index contributed by atoms with van der Waals surface area (Å²) in [7, 11) is 2.14. The molecule has 0 spiro atoms. The van der Waals surface area contributed by atoms with Crippen molar-refractivity contribution in [3.05, 3.63) is 0 Å². The van der Waals surface area contributed by atoms with Crippen LogP contribution in [-0.4, -0.2) is 57.5 Å². The lowest BCUT2D eigenvalue weighted by atomic mass is 9.78. The Balaban J connectivity index is 1.91. The maximum atomic E-state index is 12.8. The fraction of sp³-hybridized carbons (Fsp3) is 0.875. The van der Waals surface area contributed by atoms with E-state index >= 15 is 0 Å². The molecule has 8 heteroatoms. The number of ether oxygens (including phenoxy) is 3. The number of nitrogens with one attached hydrogen (secondary N) is 2. The Bertz CT molecular complexity index is 448. The van der Waals surface area contributed by atoms with E-state index < -0.39 is 18.5 Å². The van der Waals surface area contributed by atoms with E-state index in [1.807, 2.05) is 0 Å². The van der Waals surface area contributed by atoms with Gasteiger partial charge in [-0.1, -0.05) is 19.2 Å². The van der Waals surface area contributed by atoms with Gasteiger partial charge in [0.2, 0.25) is 6.79 Å². The first kappa shape index (κ1) is 19.1. The summed E-state index contributed by atoms with van der Waals surface area (Å²) in [6, 6.07) is 0.311. The zero-order valence-corrected chi connectivity index (χ0v) is 14.9. The third-order valence-corrected chi connectivity index (χ3v) is 4.86. The highest BCUT2D eigenvalue weighted by atomic mass is 16.8. The van der Waals surface area contributed by atoms with Crippen molar-refractivity contribution in [3.63, 3.8) is 0 Å². The van der Waals surface area contributed by atoms with Crippen molar-refractivity contribution in [3.8, 4) is 0 Å². The molecular formula is C16H29BN2O5. The number of hydrogen-bond acceptors (Lipinski definition) is 7. The summed E-state index contributed by atoms with van der Waals surface area (Å²) in [5, 5.41) is 6.83. The first-order valence-corrected chi connectivity index (χ1v) is 8.98. The van der Waals surface area contributed by atoms with E-state index in [1.54, 1.807) is 13.8 Å². The molecule has 2 heterocycles. The van der Waals surface area contributed by atoms with Gasteiger partial charge in [0.1, 0.15) is 13.4 Å². The van der Waals surface area contributed by atoms with Gasteiger partial charge in [-0.25, -0.2) is 9.59 Å². The van der Waals surface area contributed by atoms with Gasteiger partial charge in [0.15, 0.2) is 0 Å². The third kappa shape index (κ3) is 4.42. The van der Waals surface area contributed by atoms with Crippen LogP contribution in [0.5, 0.6) is 0 Å². The van der Waals surface area contributed by atoms with Gasteiger partial charge in [-0.2, -0.15) is 0 Å². The van der Waals surface area contributed by atoms with Crippen molar-refractivity contribution in [1.82, 2.24) is 10.6 Å². The molecule has 0 aromatic carbocycles. The van der Waals surface area contributed by atoms with Gasteiger partial charge >= 0.3 is 12.1 Å². The number of unbranched alkanes of at least 4 members (excludes halogenated alkanes) is 1. The molecule has 2 N–H and O–H groups in total. The van der Waals surface area contributed by atoms with Crippen molar-refractivity contribution in [2.75, 3.05) is 19.9 Å². The monoisotopic (exact) mass is 340 g/mol. The summed E-state index contributed by atoms with van der Waals surface area (Å²) >= 11 is 0. The number of rotatable bonds is 8. The van der Waals surface area contributed by atoms with Crippen LogP contribution in [0.15, 0.2) is 0 Å². The predicted octanol–water partition coefficient (Wildman–Crippen LogP) is 0.591. The lowest BCUT2D eigenvalue weighted by molar-refractivity contribution is -0.163. The molecule has 0 amide bonds. The minimum Gasteiger partial charge on any atom is -0.431 e. The molecule has 2 aliphatic rings. The molecule has 0 aromatic heterocycles. The summed E-state index contributed by atoms with van der Waals surface area (Å²) in [6.45, 7) is 4.74. The number of hydrogen-bond donors (Lipinski definition) is 2. The summed E-state index contributed by atoms with van der Waals surface area (Å²) in [6.07, 6.45) is 3.76. The van der Waals surface area contributed by atoms with Crippen LogP contribution < -0.4 is 10.6 Å². The quantitative estimate of drug-likeness (QED) is 0.289. The average Bonchev–Trinajstić information content (AvgIpc) is 3.10. The topological polar surface area (TPSA) is 85.9 Å². The van der Waals surface area contributed by atoms with Crippen LogP contribution in [0.4, 0.5) is 4.79 Å². The van der Waals surface area contributed by atoms with Gasteiger partial charge in [0.05, 0.1) is 6.10 Å². The molecule has 0 unspecified atom stereocenters. The second-order valence-electron chi connectivity index (χ2n) is 6.88. The molecule has 7 nitrogen and oxygen atoms in total. The van der Waals surface area contributed by atoms with E-state index in [0.29, 0.717) is 6.04 Å². The lowest BCUT2D eigenvalue weighted by Gasteiger charge is -2.32. The number of fused-ring (bicyclic) bond motifs is 1. The van der Waals surface area contributed by atoms with E-state index in [2.05, 4.69) is 18.5 Å². The smallest absolute Gasteiger partial charge is 0.431 e. The van der Waals surface area contributed by atoms with Crippen LogP contribution in [0.3, 0.4) is 0 Å². The van der Waals surface area contributed by atoms with E-state index in [4.69, 9.17) is 14.2 Å². The number of carbonyl (C=O) groups excluding carboxylic acids is 2. The minimum absolute atomic E-state index is 0.226. The molecule has 0 radical (unpaired) electrons. The van der Waals surface area contributed by atoms with Crippen LogP contribution in [-0.2, 0) is 19.0 Å². The van der Waals surface area contributed by atoms with Crippen LogP contribution in [0.25, 0.3) is 0 Å². The zero-order chi connectivity index (χ0) is 17.6. The predicted molar refractivity (Wildman–Crippen MR) is 91.5 cm³/mol. The van der Waals surface area contributed by atoms with E-state index in [1.165, 1.54) is 0 Å². The van der Waals surface area contributed by atoms with Crippen molar-refractivity contribution in [2.45, 2.75) is 63.5 Å². The van der Waals surface area contributed by atoms with Crippen molar-refractivity contribution >= 4 is 20.0 Å². The molecule has 2 rings (SSSR count). The molecular weight excluding hydrogens is 311 g/mol. The summed E-state index contributed by atoms with van der Waals surface area (Å²) < 4.78 is 14.9. The van der Waals surface area contributed by atoms with Crippen LogP contribution in [0, 0.1) is 5.92 Å². The summed E-state index contributed by atoms with van der Waals surface area (Å²) in [4.78, 5) is 24.1. The van der Waals surface area contributed by atoms with Crippen molar-refractivity contribution in [1.29, 1.82) is 0 Å². The molecule has 24 heavy (non-hydrogen) atoms. The van der Waals surface area contributed by atoms with Gasteiger partial charge in [-0.15, -0.1) is 0 Å². The minimum atomic E-state index is -0.822. The van der Waals surface area contributed by atoms with Crippen LogP contribution >= 0.6 is 0 Å². The van der Waals surface area contributed by atoms with Gasteiger partial charge in [0.25, 0.3) is 0 Å². The molecule has 2 aliphatic heterocycles. The standard InChI is InChI=1S/C16H29BN2O5/c1-11(2)24-15(21)23-10-22-14(20)16(6-3-4-7-17)12-5-8-18-13(12)9-19-16/h11-13,18-19H,3-10,17H2,1-2H3/t12-,13-,16+/m0/s1. The Kier molecular flexibility index (Phi) is 6.92. The molecule has 0 aromatic rings. The maximum absolute atomic E-state index is 12.8. The molecule has 2 fully saturated rings. The average molecular weight is 340 g/mol. The second-order valence-corrected chi connectivity index (χ2v) is 6.88. The van der Waals surface area contributed by atoms with Gasteiger partial charge in [0, 0.05) is 18.5 Å². The third-order valence-electron chi connectivity index (χ3n) is 4.86. The van der Waals surface area contributed by atoms with E-state index in [9.17, 15) is 9.59 Å². The molecule has 3 atom stereocenters. The summed E-state index contributed by atoms with van der Waals surface area (Å²) in [5.41, 5.74) is -0.672. The Morgan fingerprint density at radius 1 is 1.29 bits per heavy atom. The van der Waals surface area contributed by atoms with Gasteiger partial charge in [-0.3, -0.25) is 0 Å². The molecule has 0 bridgehead atoms. The van der Waals surface area contributed by atoms with Crippen LogP contribution in [0.1, 0.15) is 39.5 Å². The fourth-order valence-electron chi connectivity index (χ4n) is 3.73. The fourth-order valence-corrected chi connectivity index (χ4v) is 3.73. The first-order valence-electron chi connectivity index (χ1n) is 8.98. The van der Waals surface area contributed by atoms with Crippen molar-refractivity contribution < 1.29 is 23.8 Å². The maximum Gasteiger partial charge on any atom is 0.511 e. The normalized spacial score (nSPS) is 28.6. The Labute approximate surface area is 144 Å². The van der Waals surface area contributed by atoms with Gasteiger partial charge < -0.3 is 24.8 Å².